The highest BCUT2D eigenvalue weighted by Crippen LogP contribution is 2.23. The number of guanidine groups is 1. The minimum Gasteiger partial charge on any atom is -0.469 e. The number of halogens is 1. The Bertz CT molecular complexity index is 783. The van der Waals surface area contributed by atoms with Crippen LogP contribution in [0.25, 0.3) is 0 Å². The molecule has 2 aromatic rings. The van der Waals surface area contributed by atoms with E-state index in [9.17, 15) is 4.21 Å². The van der Waals surface area contributed by atoms with Gasteiger partial charge in [-0.1, -0.05) is 43.7 Å². The van der Waals surface area contributed by atoms with Crippen LogP contribution in [0.15, 0.2) is 58.1 Å². The van der Waals surface area contributed by atoms with Crippen molar-refractivity contribution in [2.24, 2.45) is 4.99 Å². The summed E-state index contributed by atoms with van der Waals surface area (Å²) in [7, 11) is -0.728. The number of hydrogen-bond acceptors (Lipinski definition) is 3. The fourth-order valence-electron chi connectivity index (χ4n) is 3.84. The summed E-state index contributed by atoms with van der Waals surface area (Å²) in [6.45, 7) is 4.81. The molecule has 1 aliphatic carbocycles. The second-order valence-corrected chi connectivity index (χ2v) is 9.64. The van der Waals surface area contributed by atoms with Gasteiger partial charge in [0, 0.05) is 40.8 Å². The van der Waals surface area contributed by atoms with Gasteiger partial charge in [0.25, 0.3) is 0 Å². The van der Waals surface area contributed by atoms with Gasteiger partial charge in [-0.25, -0.2) is 0 Å². The lowest BCUT2D eigenvalue weighted by Gasteiger charge is -2.31. The molecule has 1 aromatic heterocycles. The Morgan fingerprint density at radius 1 is 1.23 bits per heavy atom. The Hall–Kier alpha value is -1.35. The quantitative estimate of drug-likeness (QED) is 0.285. The predicted molar refractivity (Wildman–Crippen MR) is 136 cm³/mol. The molecule has 3 rings (SSSR count). The standard InChI is InChI=1S/C23H33N3O2S.HI/c1-3-29(27)22-13-7-11-20(17-22)26-23(24-15-14-21-12-8-16-28-21)25-18(2)19-9-5-4-6-10-19;/h4-6,8-10,12,16,18,20,22H,3,7,11,13-15,17H2,1-2H3,(H2,24,25,26);1H. The van der Waals surface area contributed by atoms with Crippen LogP contribution in [0.1, 0.15) is 56.9 Å². The molecule has 0 aliphatic heterocycles. The Labute approximate surface area is 200 Å². The zero-order valence-corrected chi connectivity index (χ0v) is 21.0. The van der Waals surface area contributed by atoms with Gasteiger partial charge in [0.1, 0.15) is 5.76 Å². The summed E-state index contributed by atoms with van der Waals surface area (Å²) >= 11 is 0. The van der Waals surface area contributed by atoms with Crippen LogP contribution in [0.4, 0.5) is 0 Å². The van der Waals surface area contributed by atoms with Gasteiger partial charge in [0.15, 0.2) is 5.96 Å². The van der Waals surface area contributed by atoms with Gasteiger partial charge in [-0.15, -0.1) is 24.0 Å². The van der Waals surface area contributed by atoms with Crippen LogP contribution in [-0.4, -0.2) is 33.8 Å². The number of nitrogens with zero attached hydrogens (tertiary/aromatic N) is 1. The van der Waals surface area contributed by atoms with Crippen LogP contribution in [0.5, 0.6) is 0 Å². The Morgan fingerprint density at radius 3 is 2.73 bits per heavy atom. The highest BCUT2D eigenvalue weighted by atomic mass is 127. The Balaban J connectivity index is 0.00000320. The summed E-state index contributed by atoms with van der Waals surface area (Å²) in [5, 5.41) is 7.46. The zero-order valence-electron chi connectivity index (χ0n) is 17.9. The van der Waals surface area contributed by atoms with Crippen molar-refractivity contribution in [3.63, 3.8) is 0 Å². The van der Waals surface area contributed by atoms with E-state index in [2.05, 4.69) is 41.8 Å². The molecule has 5 nitrogen and oxygen atoms in total. The van der Waals surface area contributed by atoms with Crippen molar-refractivity contribution in [3.8, 4) is 0 Å². The van der Waals surface area contributed by atoms with E-state index in [4.69, 9.17) is 9.41 Å². The maximum atomic E-state index is 12.3. The number of aliphatic imine (C=N–C) groups is 1. The van der Waals surface area contributed by atoms with E-state index in [0.717, 1.165) is 49.6 Å². The first kappa shape index (κ1) is 24.9. The van der Waals surface area contributed by atoms with Crippen molar-refractivity contribution < 1.29 is 8.63 Å². The largest absolute Gasteiger partial charge is 0.469 e. The van der Waals surface area contributed by atoms with Gasteiger partial charge in [-0.05, 0) is 43.9 Å². The van der Waals surface area contributed by atoms with Gasteiger partial charge >= 0.3 is 0 Å². The van der Waals surface area contributed by atoms with Crippen molar-refractivity contribution in [1.82, 2.24) is 10.6 Å². The van der Waals surface area contributed by atoms with Gasteiger partial charge < -0.3 is 15.1 Å². The topological polar surface area (TPSA) is 66.6 Å². The zero-order chi connectivity index (χ0) is 20.5. The molecule has 7 heteroatoms. The highest BCUT2D eigenvalue weighted by Gasteiger charge is 2.26. The molecular weight excluding hydrogens is 509 g/mol. The van der Waals surface area contributed by atoms with Gasteiger partial charge in [0.05, 0.1) is 12.3 Å². The molecule has 0 radical (unpaired) electrons. The molecule has 0 bridgehead atoms. The van der Waals surface area contributed by atoms with E-state index >= 15 is 0 Å². The van der Waals surface area contributed by atoms with Crippen LogP contribution in [0.3, 0.4) is 0 Å². The number of nitrogens with one attached hydrogen (secondary N) is 2. The first-order valence-corrected chi connectivity index (χ1v) is 12.1. The fraction of sp³-hybridized carbons (Fsp3) is 0.522. The second-order valence-electron chi connectivity index (χ2n) is 7.64. The third-order valence-electron chi connectivity index (χ3n) is 5.48. The maximum Gasteiger partial charge on any atom is 0.191 e. The van der Waals surface area contributed by atoms with Crippen LogP contribution >= 0.6 is 24.0 Å². The smallest absolute Gasteiger partial charge is 0.191 e. The number of furan rings is 1. The molecular formula is C23H34IN3O2S. The molecule has 4 unspecified atom stereocenters. The number of benzene rings is 1. The summed E-state index contributed by atoms with van der Waals surface area (Å²) in [5.74, 6) is 2.51. The average molecular weight is 544 g/mol. The highest BCUT2D eigenvalue weighted by molar-refractivity contribution is 14.0. The van der Waals surface area contributed by atoms with Crippen molar-refractivity contribution in [2.75, 3.05) is 12.3 Å². The third-order valence-corrected chi connectivity index (χ3v) is 7.23. The molecule has 1 fully saturated rings. The lowest BCUT2D eigenvalue weighted by molar-refractivity contribution is 0.411. The summed E-state index contributed by atoms with van der Waals surface area (Å²) < 4.78 is 17.7. The molecule has 1 saturated carbocycles. The summed E-state index contributed by atoms with van der Waals surface area (Å²) in [6, 6.07) is 14.7. The minimum atomic E-state index is -0.728. The molecule has 166 valence electrons. The SMILES string of the molecule is CCS(=O)C1CCCC(NC(=NCCc2ccco2)NC(C)c2ccccc2)C1.I. The molecule has 0 saturated heterocycles. The first-order chi connectivity index (χ1) is 14.2. The number of hydrogen-bond donors (Lipinski definition) is 2. The van der Waals surface area contributed by atoms with Crippen molar-refractivity contribution in [1.29, 1.82) is 0 Å². The van der Waals surface area contributed by atoms with E-state index in [1.807, 2.05) is 25.1 Å². The monoisotopic (exact) mass is 543 g/mol. The minimum absolute atomic E-state index is 0. The molecule has 1 aromatic carbocycles. The van der Waals surface area contributed by atoms with E-state index in [-0.39, 0.29) is 30.0 Å². The Kier molecular flexibility index (Phi) is 10.9. The summed E-state index contributed by atoms with van der Waals surface area (Å²) in [5.41, 5.74) is 1.22. The fourth-order valence-corrected chi connectivity index (χ4v) is 5.19. The maximum absolute atomic E-state index is 12.3. The Morgan fingerprint density at radius 2 is 2.03 bits per heavy atom. The molecule has 1 heterocycles. The van der Waals surface area contributed by atoms with E-state index < -0.39 is 10.8 Å². The van der Waals surface area contributed by atoms with E-state index in [1.54, 1.807) is 6.26 Å². The van der Waals surface area contributed by atoms with E-state index in [1.165, 1.54) is 5.56 Å². The van der Waals surface area contributed by atoms with E-state index in [0.29, 0.717) is 17.8 Å². The molecule has 2 N–H and O–H groups in total. The van der Waals surface area contributed by atoms with Crippen molar-refractivity contribution in [2.45, 2.75) is 63.3 Å². The number of rotatable bonds is 8. The van der Waals surface area contributed by atoms with Crippen molar-refractivity contribution >= 4 is 40.7 Å². The average Bonchev–Trinajstić information content (AvgIpc) is 3.27. The van der Waals surface area contributed by atoms with Gasteiger partial charge in [0.2, 0.25) is 0 Å². The summed E-state index contributed by atoms with van der Waals surface area (Å²) in [4.78, 5) is 4.81. The lowest BCUT2D eigenvalue weighted by atomic mass is 9.95. The van der Waals surface area contributed by atoms with Crippen molar-refractivity contribution in [3.05, 3.63) is 60.1 Å². The first-order valence-electron chi connectivity index (χ1n) is 10.7. The molecule has 30 heavy (non-hydrogen) atoms. The van der Waals surface area contributed by atoms with Crippen LogP contribution in [0, 0.1) is 0 Å². The van der Waals surface area contributed by atoms with Crippen LogP contribution in [-0.2, 0) is 17.2 Å². The van der Waals surface area contributed by atoms with Gasteiger partial charge in [-0.2, -0.15) is 0 Å². The lowest BCUT2D eigenvalue weighted by Crippen LogP contribution is -2.47. The van der Waals surface area contributed by atoms with Crippen LogP contribution in [0.2, 0.25) is 0 Å². The predicted octanol–water partition coefficient (Wildman–Crippen LogP) is 4.82. The third kappa shape index (κ3) is 7.72. The molecule has 1 aliphatic rings. The molecule has 4 atom stereocenters. The molecule has 0 spiro atoms. The normalized spacial score (nSPS) is 21.3. The summed E-state index contributed by atoms with van der Waals surface area (Å²) in [6.07, 6.45) is 6.69. The van der Waals surface area contributed by atoms with Crippen LogP contribution < -0.4 is 10.6 Å². The molecule has 0 amide bonds. The second kappa shape index (κ2) is 13.1. The van der Waals surface area contributed by atoms with Gasteiger partial charge in [-0.3, -0.25) is 9.20 Å².